The van der Waals surface area contributed by atoms with Crippen molar-refractivity contribution in [1.29, 1.82) is 0 Å². The highest BCUT2D eigenvalue weighted by molar-refractivity contribution is 7.98. The Morgan fingerprint density at radius 3 is 2.85 bits per heavy atom. The minimum Gasteiger partial charge on any atom is -0.497 e. The summed E-state index contributed by atoms with van der Waals surface area (Å²) in [5.74, 6) is 2.26. The summed E-state index contributed by atoms with van der Waals surface area (Å²) in [7, 11) is 3.30. The molecule has 7 nitrogen and oxygen atoms in total. The third-order valence-electron chi connectivity index (χ3n) is 4.67. The smallest absolute Gasteiger partial charge is 0.209 e. The summed E-state index contributed by atoms with van der Waals surface area (Å²) >= 11 is 3.25. The average Bonchev–Trinajstić information content (AvgIpc) is 3.46. The molecule has 0 atom stereocenters. The van der Waals surface area contributed by atoms with Crippen molar-refractivity contribution in [2.75, 3.05) is 14.2 Å². The van der Waals surface area contributed by atoms with E-state index in [1.165, 1.54) is 12.8 Å². The molecule has 1 aliphatic rings. The van der Waals surface area contributed by atoms with Crippen molar-refractivity contribution in [2.24, 2.45) is 0 Å². The second-order valence-corrected chi connectivity index (χ2v) is 8.14. The Bertz CT molecular complexity index is 905. The molecule has 0 saturated heterocycles. The topological polar surface area (TPSA) is 75.0 Å². The molecule has 142 valence electrons. The van der Waals surface area contributed by atoms with E-state index in [2.05, 4.69) is 20.9 Å². The van der Waals surface area contributed by atoms with Gasteiger partial charge in [0.2, 0.25) is 5.16 Å². The van der Waals surface area contributed by atoms with E-state index in [0.29, 0.717) is 6.04 Å². The lowest BCUT2D eigenvalue weighted by atomic mass is 10.2. The number of tetrazole rings is 1. The summed E-state index contributed by atoms with van der Waals surface area (Å²) in [6.07, 6.45) is 4.84. The average molecular weight is 404 g/mol. The molecule has 0 N–H and O–H groups in total. The van der Waals surface area contributed by atoms with Crippen LogP contribution in [0.5, 0.6) is 11.5 Å². The molecule has 0 aliphatic heterocycles. The number of methoxy groups -OCH3 is 2. The molecule has 0 bridgehead atoms. The molecule has 4 rings (SSSR count). The molecule has 0 spiro atoms. The van der Waals surface area contributed by atoms with E-state index >= 15 is 0 Å². The van der Waals surface area contributed by atoms with Gasteiger partial charge in [-0.1, -0.05) is 24.6 Å². The fourth-order valence-electron chi connectivity index (χ4n) is 3.27. The van der Waals surface area contributed by atoms with Crippen LogP contribution in [0, 0.1) is 0 Å². The van der Waals surface area contributed by atoms with Gasteiger partial charge < -0.3 is 9.47 Å². The van der Waals surface area contributed by atoms with Gasteiger partial charge >= 0.3 is 0 Å². The van der Waals surface area contributed by atoms with E-state index in [0.717, 1.165) is 51.5 Å². The molecule has 2 heterocycles. The molecule has 0 radical (unpaired) electrons. The van der Waals surface area contributed by atoms with Crippen molar-refractivity contribution in [3.8, 4) is 22.1 Å². The van der Waals surface area contributed by atoms with Crippen molar-refractivity contribution < 1.29 is 9.47 Å². The second kappa shape index (κ2) is 8.26. The highest BCUT2D eigenvalue weighted by Gasteiger charge is 2.22. The van der Waals surface area contributed by atoms with Crippen LogP contribution in [0.3, 0.4) is 0 Å². The van der Waals surface area contributed by atoms with E-state index in [1.807, 2.05) is 22.9 Å². The molecule has 2 aromatic heterocycles. The van der Waals surface area contributed by atoms with Gasteiger partial charge in [-0.05, 0) is 35.4 Å². The number of aromatic nitrogens is 5. The van der Waals surface area contributed by atoms with Crippen LogP contribution >= 0.6 is 23.1 Å². The Morgan fingerprint density at radius 1 is 1.22 bits per heavy atom. The fourth-order valence-corrected chi connectivity index (χ4v) is 5.06. The van der Waals surface area contributed by atoms with Crippen LogP contribution in [0.1, 0.15) is 37.4 Å². The van der Waals surface area contributed by atoms with Gasteiger partial charge in [-0.2, -0.15) is 0 Å². The lowest BCUT2D eigenvalue weighted by Gasteiger charge is -2.10. The lowest BCUT2D eigenvalue weighted by molar-refractivity contribution is 0.395. The lowest BCUT2D eigenvalue weighted by Crippen LogP contribution is -2.08. The third kappa shape index (κ3) is 3.93. The molecule has 1 aromatic carbocycles. The van der Waals surface area contributed by atoms with Gasteiger partial charge in [-0.25, -0.2) is 9.67 Å². The number of benzene rings is 1. The van der Waals surface area contributed by atoms with Crippen LogP contribution in [0.15, 0.2) is 28.7 Å². The maximum atomic E-state index is 5.49. The Morgan fingerprint density at radius 2 is 2.07 bits per heavy atom. The van der Waals surface area contributed by atoms with Crippen molar-refractivity contribution in [1.82, 2.24) is 25.2 Å². The van der Waals surface area contributed by atoms with Crippen molar-refractivity contribution in [2.45, 2.75) is 42.6 Å². The molecule has 1 saturated carbocycles. The van der Waals surface area contributed by atoms with E-state index in [4.69, 9.17) is 14.5 Å². The van der Waals surface area contributed by atoms with Gasteiger partial charge in [-0.3, -0.25) is 0 Å². The van der Waals surface area contributed by atoms with Crippen LogP contribution in [0.2, 0.25) is 0 Å². The molecule has 3 aromatic rings. The molecule has 0 unspecified atom stereocenters. The van der Waals surface area contributed by atoms with Gasteiger partial charge in [0.25, 0.3) is 0 Å². The van der Waals surface area contributed by atoms with Gasteiger partial charge in [0.1, 0.15) is 16.5 Å². The molecule has 1 fully saturated rings. The largest absolute Gasteiger partial charge is 0.497 e. The molecular weight excluding hydrogens is 382 g/mol. The second-order valence-electron chi connectivity index (χ2n) is 6.34. The number of rotatable bonds is 7. The van der Waals surface area contributed by atoms with Crippen molar-refractivity contribution >= 4 is 23.1 Å². The number of thioether (sulfide) groups is 1. The van der Waals surface area contributed by atoms with E-state index < -0.39 is 0 Å². The first-order valence-electron chi connectivity index (χ1n) is 8.86. The highest BCUT2D eigenvalue weighted by atomic mass is 32.2. The maximum absolute atomic E-state index is 5.49. The fraction of sp³-hybridized carbons (Fsp3) is 0.444. The van der Waals surface area contributed by atoms with Gasteiger partial charge in [-0.15, -0.1) is 16.4 Å². The summed E-state index contributed by atoms with van der Waals surface area (Å²) < 4.78 is 12.7. The standard InChI is InChI=1S/C18H21N5O2S2/c1-24-14-7-8-15(16(9-14)25-2)17-19-12(10-26-17)11-27-18-20-21-22-23(18)13-5-3-4-6-13/h7-10,13H,3-6,11H2,1-2H3. The zero-order valence-corrected chi connectivity index (χ0v) is 16.9. The predicted octanol–water partition coefficient (Wildman–Crippen LogP) is 4.22. The Kier molecular flexibility index (Phi) is 5.58. The summed E-state index contributed by atoms with van der Waals surface area (Å²) in [6, 6.07) is 6.22. The number of thiazole rings is 1. The number of nitrogens with zero attached hydrogens (tertiary/aromatic N) is 5. The summed E-state index contributed by atoms with van der Waals surface area (Å²) in [6.45, 7) is 0. The molecular formula is C18H21N5O2S2. The van der Waals surface area contributed by atoms with Crippen molar-refractivity contribution in [3.05, 3.63) is 29.3 Å². The molecule has 0 amide bonds. The first kappa shape index (κ1) is 18.2. The summed E-state index contributed by atoms with van der Waals surface area (Å²) in [5, 5.41) is 16.1. The SMILES string of the molecule is COc1ccc(-c2nc(CSc3nnnn3C3CCCC3)cs2)c(OC)c1. The zero-order chi connectivity index (χ0) is 18.6. The summed E-state index contributed by atoms with van der Waals surface area (Å²) in [4.78, 5) is 4.77. The minimum atomic E-state index is 0.442. The Labute approximate surface area is 166 Å². The summed E-state index contributed by atoms with van der Waals surface area (Å²) in [5.41, 5.74) is 1.98. The highest BCUT2D eigenvalue weighted by Crippen LogP contribution is 2.36. The number of hydrogen-bond acceptors (Lipinski definition) is 8. The first-order valence-corrected chi connectivity index (χ1v) is 10.7. The number of ether oxygens (including phenoxy) is 2. The molecule has 9 heteroatoms. The number of hydrogen-bond donors (Lipinski definition) is 0. The van der Waals surface area contributed by atoms with E-state index in [1.54, 1.807) is 37.3 Å². The maximum Gasteiger partial charge on any atom is 0.209 e. The third-order valence-corrected chi connectivity index (χ3v) is 6.56. The zero-order valence-electron chi connectivity index (χ0n) is 15.3. The van der Waals surface area contributed by atoms with Crippen LogP contribution in [0.25, 0.3) is 10.6 Å². The predicted molar refractivity (Wildman–Crippen MR) is 106 cm³/mol. The normalized spacial score (nSPS) is 14.6. The first-order chi connectivity index (χ1) is 13.3. The Balaban J connectivity index is 1.47. The van der Waals surface area contributed by atoms with Crippen molar-refractivity contribution in [3.63, 3.8) is 0 Å². The minimum absolute atomic E-state index is 0.442. The van der Waals surface area contributed by atoms with Crippen LogP contribution in [-0.2, 0) is 5.75 Å². The van der Waals surface area contributed by atoms with Crippen LogP contribution < -0.4 is 9.47 Å². The molecule has 27 heavy (non-hydrogen) atoms. The van der Waals surface area contributed by atoms with Gasteiger partial charge in [0, 0.05) is 17.2 Å². The van der Waals surface area contributed by atoms with Crippen LogP contribution in [0.4, 0.5) is 0 Å². The van der Waals surface area contributed by atoms with Gasteiger partial charge in [0.15, 0.2) is 0 Å². The molecule has 1 aliphatic carbocycles. The Hall–Kier alpha value is -2.13. The van der Waals surface area contributed by atoms with Crippen LogP contribution in [-0.4, -0.2) is 39.4 Å². The quantitative estimate of drug-likeness (QED) is 0.547. The monoisotopic (exact) mass is 403 g/mol. The van der Waals surface area contributed by atoms with E-state index in [-0.39, 0.29) is 0 Å². The van der Waals surface area contributed by atoms with Gasteiger partial charge in [0.05, 0.1) is 31.5 Å². The van der Waals surface area contributed by atoms with E-state index in [9.17, 15) is 0 Å².